The zero-order valence-corrected chi connectivity index (χ0v) is 14.0. The van der Waals surface area contributed by atoms with E-state index in [-0.39, 0.29) is 5.56 Å². The zero-order valence-electron chi connectivity index (χ0n) is 14.0. The molecule has 0 bridgehead atoms. The van der Waals surface area contributed by atoms with Gasteiger partial charge >= 0.3 is 0 Å². The van der Waals surface area contributed by atoms with Crippen LogP contribution in [0.1, 0.15) is 5.56 Å². The van der Waals surface area contributed by atoms with Gasteiger partial charge in [0.25, 0.3) is 5.56 Å². The Balaban J connectivity index is 1.89. The normalized spacial score (nSPS) is 11.0. The Morgan fingerprint density at radius 1 is 1.00 bits per heavy atom. The fourth-order valence-electron chi connectivity index (χ4n) is 2.86. The van der Waals surface area contributed by atoms with Crippen molar-refractivity contribution in [3.05, 3.63) is 83.0 Å². The average Bonchev–Trinajstić information content (AvgIpc) is 3.08. The summed E-state index contributed by atoms with van der Waals surface area (Å²) < 4.78 is 8.67. The second-order valence-electron chi connectivity index (χ2n) is 5.87. The summed E-state index contributed by atoms with van der Waals surface area (Å²) in [6.45, 7) is 2.04. The van der Waals surface area contributed by atoms with Gasteiger partial charge in [0.1, 0.15) is 5.75 Å². The van der Waals surface area contributed by atoms with E-state index in [0.29, 0.717) is 17.1 Å². The first kappa shape index (κ1) is 15.2. The second kappa shape index (κ2) is 5.94. The summed E-state index contributed by atoms with van der Waals surface area (Å²) in [5.74, 6) is 0.638. The molecule has 0 N–H and O–H groups in total. The van der Waals surface area contributed by atoms with Crippen LogP contribution in [0.5, 0.6) is 5.75 Å². The molecule has 2 aromatic carbocycles. The summed E-state index contributed by atoms with van der Waals surface area (Å²) in [6, 6.07) is 15.5. The molecule has 0 amide bonds. The lowest BCUT2D eigenvalue weighted by Gasteiger charge is -2.10. The number of para-hydroxylation sites is 2. The summed E-state index contributed by atoms with van der Waals surface area (Å²) in [4.78, 5) is 17.5. The highest BCUT2D eigenvalue weighted by Gasteiger charge is 2.12. The standard InChI is InChI=1S/C20H17N3O2/c1-14-7-9-15(10-8-14)16-13-22-11-12-23(20(24)19(22)21-16)17-5-3-4-6-18(17)25-2/h3-13H,1-2H3. The molecular weight excluding hydrogens is 314 g/mol. The van der Waals surface area contributed by atoms with Gasteiger partial charge in [-0.05, 0) is 19.1 Å². The topological polar surface area (TPSA) is 48.5 Å². The van der Waals surface area contributed by atoms with Crippen molar-refractivity contribution >= 4 is 5.65 Å². The number of rotatable bonds is 3. The van der Waals surface area contributed by atoms with Gasteiger partial charge in [0.2, 0.25) is 5.65 Å². The number of methoxy groups -OCH3 is 1. The molecule has 0 fully saturated rings. The van der Waals surface area contributed by atoms with Crippen molar-refractivity contribution < 1.29 is 4.74 Å². The van der Waals surface area contributed by atoms with E-state index in [1.807, 2.05) is 67.8 Å². The van der Waals surface area contributed by atoms with Crippen LogP contribution < -0.4 is 10.3 Å². The van der Waals surface area contributed by atoms with E-state index in [0.717, 1.165) is 11.3 Å². The number of ether oxygens (including phenoxy) is 1. The smallest absolute Gasteiger partial charge is 0.298 e. The van der Waals surface area contributed by atoms with E-state index < -0.39 is 0 Å². The highest BCUT2D eigenvalue weighted by molar-refractivity contribution is 5.63. The predicted octanol–water partition coefficient (Wildman–Crippen LogP) is 3.47. The number of hydrogen-bond acceptors (Lipinski definition) is 3. The molecule has 0 aliphatic carbocycles. The Labute approximate surface area is 144 Å². The van der Waals surface area contributed by atoms with Crippen LogP contribution in [-0.4, -0.2) is 21.1 Å². The largest absolute Gasteiger partial charge is 0.495 e. The Morgan fingerprint density at radius 2 is 1.76 bits per heavy atom. The summed E-state index contributed by atoms with van der Waals surface area (Å²) in [5, 5.41) is 0. The third kappa shape index (κ3) is 2.59. The van der Waals surface area contributed by atoms with Crippen LogP contribution in [0.3, 0.4) is 0 Å². The third-order valence-corrected chi connectivity index (χ3v) is 4.21. The van der Waals surface area contributed by atoms with E-state index in [1.165, 1.54) is 5.56 Å². The molecule has 2 heterocycles. The van der Waals surface area contributed by atoms with Gasteiger partial charge in [-0.25, -0.2) is 4.98 Å². The van der Waals surface area contributed by atoms with Gasteiger partial charge < -0.3 is 9.14 Å². The maximum absolute atomic E-state index is 12.9. The molecule has 2 aromatic heterocycles. The van der Waals surface area contributed by atoms with Crippen LogP contribution >= 0.6 is 0 Å². The minimum Gasteiger partial charge on any atom is -0.495 e. The van der Waals surface area contributed by atoms with E-state index >= 15 is 0 Å². The minimum absolute atomic E-state index is 0.189. The maximum atomic E-state index is 12.9. The first-order valence-corrected chi connectivity index (χ1v) is 7.98. The molecule has 0 radical (unpaired) electrons. The first-order valence-electron chi connectivity index (χ1n) is 7.98. The molecular formula is C20H17N3O2. The third-order valence-electron chi connectivity index (χ3n) is 4.21. The van der Waals surface area contributed by atoms with Crippen molar-refractivity contribution in [2.75, 3.05) is 7.11 Å². The van der Waals surface area contributed by atoms with Gasteiger partial charge in [-0.2, -0.15) is 0 Å². The predicted molar refractivity (Wildman–Crippen MR) is 97.5 cm³/mol. The summed E-state index contributed by atoms with van der Waals surface area (Å²) >= 11 is 0. The van der Waals surface area contributed by atoms with Gasteiger partial charge in [-0.3, -0.25) is 9.36 Å². The molecule has 4 aromatic rings. The van der Waals surface area contributed by atoms with E-state index in [4.69, 9.17) is 4.74 Å². The number of imidazole rings is 1. The summed E-state index contributed by atoms with van der Waals surface area (Å²) in [7, 11) is 1.59. The molecule has 0 aliphatic heterocycles. The van der Waals surface area contributed by atoms with Crippen molar-refractivity contribution in [3.63, 3.8) is 0 Å². The molecule has 0 atom stereocenters. The van der Waals surface area contributed by atoms with Crippen LogP contribution in [0.15, 0.2) is 71.9 Å². The highest BCUT2D eigenvalue weighted by Crippen LogP contribution is 2.22. The molecule has 0 spiro atoms. The van der Waals surface area contributed by atoms with Gasteiger partial charge in [0.15, 0.2) is 0 Å². The number of nitrogens with zero attached hydrogens (tertiary/aromatic N) is 3. The quantitative estimate of drug-likeness (QED) is 0.577. The molecule has 0 saturated heterocycles. The molecule has 5 nitrogen and oxygen atoms in total. The SMILES string of the molecule is COc1ccccc1-n1ccn2cc(-c3ccc(C)cc3)nc2c1=O. The van der Waals surface area contributed by atoms with Crippen molar-refractivity contribution in [3.8, 4) is 22.7 Å². The molecule has 0 saturated carbocycles. The Hall–Kier alpha value is -3.34. The van der Waals surface area contributed by atoms with Crippen molar-refractivity contribution in [1.82, 2.24) is 14.0 Å². The number of fused-ring (bicyclic) bond motifs is 1. The number of hydrogen-bond donors (Lipinski definition) is 0. The lowest BCUT2D eigenvalue weighted by atomic mass is 10.1. The maximum Gasteiger partial charge on any atom is 0.298 e. The monoisotopic (exact) mass is 331 g/mol. The van der Waals surface area contributed by atoms with Crippen LogP contribution in [0, 0.1) is 6.92 Å². The van der Waals surface area contributed by atoms with Crippen LogP contribution in [0.4, 0.5) is 0 Å². The first-order chi connectivity index (χ1) is 12.2. The molecule has 25 heavy (non-hydrogen) atoms. The Kier molecular flexibility index (Phi) is 3.61. The minimum atomic E-state index is -0.189. The lowest BCUT2D eigenvalue weighted by Crippen LogP contribution is -2.20. The Bertz CT molecular complexity index is 1110. The van der Waals surface area contributed by atoms with Gasteiger partial charge in [0.05, 0.1) is 18.5 Å². The van der Waals surface area contributed by atoms with Crippen LogP contribution in [0.2, 0.25) is 0 Å². The average molecular weight is 331 g/mol. The van der Waals surface area contributed by atoms with E-state index in [1.54, 1.807) is 22.3 Å². The molecule has 0 aliphatic rings. The lowest BCUT2D eigenvalue weighted by molar-refractivity contribution is 0.412. The molecule has 5 heteroatoms. The fraction of sp³-hybridized carbons (Fsp3) is 0.100. The zero-order chi connectivity index (χ0) is 17.4. The van der Waals surface area contributed by atoms with Crippen LogP contribution in [0.25, 0.3) is 22.6 Å². The van der Waals surface area contributed by atoms with Gasteiger partial charge in [0, 0.05) is 24.2 Å². The number of benzene rings is 2. The molecule has 0 unspecified atom stereocenters. The second-order valence-corrected chi connectivity index (χ2v) is 5.87. The van der Waals surface area contributed by atoms with E-state index in [9.17, 15) is 4.79 Å². The van der Waals surface area contributed by atoms with Crippen molar-refractivity contribution in [2.24, 2.45) is 0 Å². The van der Waals surface area contributed by atoms with Gasteiger partial charge in [-0.15, -0.1) is 0 Å². The molecule has 4 rings (SSSR count). The van der Waals surface area contributed by atoms with Crippen molar-refractivity contribution in [1.29, 1.82) is 0 Å². The van der Waals surface area contributed by atoms with E-state index in [2.05, 4.69) is 4.98 Å². The molecule has 124 valence electrons. The number of aryl methyl sites for hydroxylation is 1. The number of aromatic nitrogens is 3. The van der Waals surface area contributed by atoms with Gasteiger partial charge in [-0.1, -0.05) is 42.0 Å². The summed E-state index contributed by atoms with van der Waals surface area (Å²) in [6.07, 6.45) is 5.43. The highest BCUT2D eigenvalue weighted by atomic mass is 16.5. The summed E-state index contributed by atoms with van der Waals surface area (Å²) in [5.41, 5.74) is 3.82. The van der Waals surface area contributed by atoms with Crippen LogP contribution in [-0.2, 0) is 0 Å². The van der Waals surface area contributed by atoms with Crippen molar-refractivity contribution in [2.45, 2.75) is 6.92 Å². The Morgan fingerprint density at radius 3 is 2.52 bits per heavy atom. The fourth-order valence-corrected chi connectivity index (χ4v) is 2.86.